The second kappa shape index (κ2) is 6.60. The average Bonchev–Trinajstić information content (AvgIpc) is 2.74. The van der Waals surface area contributed by atoms with E-state index >= 15 is 0 Å². The van der Waals surface area contributed by atoms with Crippen LogP contribution in [0.25, 0.3) is 0 Å². The summed E-state index contributed by atoms with van der Waals surface area (Å²) in [6.07, 6.45) is 5.37. The number of carbonyl (C=O) groups is 2. The summed E-state index contributed by atoms with van der Waals surface area (Å²) in [6.45, 7) is 4.68. The largest absolute Gasteiger partial charge is 0.484 e. The highest BCUT2D eigenvalue weighted by molar-refractivity contribution is 5.79. The number of carbonyl (C=O) groups excluding carboxylic acids is 2. The monoisotopic (exact) mass is 356 g/mol. The van der Waals surface area contributed by atoms with E-state index in [1.807, 2.05) is 35.2 Å². The van der Waals surface area contributed by atoms with Crippen LogP contribution in [0.15, 0.2) is 30.3 Å². The summed E-state index contributed by atoms with van der Waals surface area (Å²) >= 11 is 0. The van der Waals surface area contributed by atoms with E-state index in [-0.39, 0.29) is 42.0 Å². The molecule has 2 saturated heterocycles. The molecule has 3 aliphatic rings. The van der Waals surface area contributed by atoms with Gasteiger partial charge in [-0.3, -0.25) is 9.59 Å². The van der Waals surface area contributed by atoms with E-state index in [2.05, 4.69) is 11.8 Å². The minimum atomic E-state index is 0.00743. The van der Waals surface area contributed by atoms with Crippen molar-refractivity contribution in [2.75, 3.05) is 13.2 Å². The van der Waals surface area contributed by atoms with Crippen LogP contribution >= 0.6 is 0 Å². The van der Waals surface area contributed by atoms with E-state index in [1.165, 1.54) is 0 Å². The highest BCUT2D eigenvalue weighted by Crippen LogP contribution is 2.53. The van der Waals surface area contributed by atoms with Crippen molar-refractivity contribution in [3.05, 3.63) is 30.3 Å². The van der Waals surface area contributed by atoms with Crippen molar-refractivity contribution in [2.24, 2.45) is 5.41 Å². The van der Waals surface area contributed by atoms with Crippen LogP contribution in [0.5, 0.6) is 5.75 Å². The Morgan fingerprint density at radius 3 is 2.54 bits per heavy atom. The minimum absolute atomic E-state index is 0.00743. The molecule has 0 spiro atoms. The summed E-state index contributed by atoms with van der Waals surface area (Å²) in [5.41, 5.74) is 0.00743. The molecule has 2 aliphatic heterocycles. The number of para-hydroxylation sites is 1. The molecule has 0 aromatic heterocycles. The number of rotatable bonds is 3. The molecule has 2 amide bonds. The zero-order chi connectivity index (χ0) is 18.3. The third-order valence-electron chi connectivity index (χ3n) is 6.71. The second-order valence-corrected chi connectivity index (χ2v) is 8.25. The fraction of sp³-hybridized carbons (Fsp3) is 0.619. The lowest BCUT2D eigenvalue weighted by molar-refractivity contribution is -0.141. The SMILES string of the molecule is CC(=O)N1[C@@H]2CN(C(=O)COc3ccccc3)[C@@H]3CCCC[C@H]1[C@]3(C)C2. The van der Waals surface area contributed by atoms with Crippen molar-refractivity contribution in [1.29, 1.82) is 0 Å². The van der Waals surface area contributed by atoms with E-state index in [0.29, 0.717) is 6.54 Å². The Morgan fingerprint density at radius 2 is 1.85 bits per heavy atom. The smallest absolute Gasteiger partial charge is 0.260 e. The molecule has 1 aromatic carbocycles. The Bertz CT molecular complexity index is 692. The first kappa shape index (κ1) is 17.4. The van der Waals surface area contributed by atoms with Crippen molar-refractivity contribution in [2.45, 2.75) is 64.1 Å². The van der Waals surface area contributed by atoms with Gasteiger partial charge < -0.3 is 14.5 Å². The molecule has 26 heavy (non-hydrogen) atoms. The third kappa shape index (κ3) is 2.78. The predicted molar refractivity (Wildman–Crippen MR) is 98.7 cm³/mol. The molecule has 3 fully saturated rings. The van der Waals surface area contributed by atoms with E-state index < -0.39 is 0 Å². The summed E-state index contributed by atoms with van der Waals surface area (Å²) in [5.74, 6) is 0.913. The zero-order valence-electron chi connectivity index (χ0n) is 15.7. The van der Waals surface area contributed by atoms with Crippen molar-refractivity contribution >= 4 is 11.8 Å². The van der Waals surface area contributed by atoms with Crippen molar-refractivity contribution < 1.29 is 14.3 Å². The molecular weight excluding hydrogens is 328 g/mol. The highest BCUT2D eigenvalue weighted by atomic mass is 16.5. The quantitative estimate of drug-likeness (QED) is 0.837. The maximum atomic E-state index is 13.0. The van der Waals surface area contributed by atoms with Gasteiger partial charge in [0.25, 0.3) is 5.91 Å². The first-order valence-electron chi connectivity index (χ1n) is 9.77. The fourth-order valence-electron chi connectivity index (χ4n) is 5.66. The van der Waals surface area contributed by atoms with Gasteiger partial charge in [-0.05, 0) is 31.4 Å². The molecule has 2 bridgehead atoms. The molecule has 1 aliphatic carbocycles. The molecule has 0 radical (unpaired) electrons. The molecule has 1 aromatic rings. The summed E-state index contributed by atoms with van der Waals surface area (Å²) in [5, 5.41) is 0. The molecule has 1 saturated carbocycles. The summed E-state index contributed by atoms with van der Waals surface area (Å²) < 4.78 is 5.72. The van der Waals surface area contributed by atoms with Gasteiger partial charge in [0.05, 0.1) is 6.04 Å². The Morgan fingerprint density at radius 1 is 1.15 bits per heavy atom. The molecule has 0 unspecified atom stereocenters. The number of nitrogens with zero attached hydrogens (tertiary/aromatic N) is 2. The molecule has 140 valence electrons. The number of ether oxygens (including phenoxy) is 1. The normalized spacial score (nSPS) is 32.9. The minimum Gasteiger partial charge on any atom is -0.484 e. The molecule has 5 heteroatoms. The number of likely N-dealkylation sites (tertiary alicyclic amines) is 2. The molecule has 5 nitrogen and oxygen atoms in total. The van der Waals surface area contributed by atoms with E-state index in [1.54, 1.807) is 6.92 Å². The highest BCUT2D eigenvalue weighted by Gasteiger charge is 2.60. The van der Waals surface area contributed by atoms with Crippen molar-refractivity contribution in [3.8, 4) is 5.75 Å². The van der Waals surface area contributed by atoms with Crippen molar-refractivity contribution in [3.63, 3.8) is 0 Å². The number of hydrogen-bond donors (Lipinski definition) is 0. The van der Waals surface area contributed by atoms with Gasteiger partial charge >= 0.3 is 0 Å². The second-order valence-electron chi connectivity index (χ2n) is 8.25. The van der Waals surface area contributed by atoms with Crippen LogP contribution in [-0.4, -0.2) is 52.9 Å². The maximum absolute atomic E-state index is 13.0. The van der Waals surface area contributed by atoms with E-state index in [9.17, 15) is 9.59 Å². The fourth-order valence-corrected chi connectivity index (χ4v) is 5.66. The predicted octanol–water partition coefficient (Wildman–Crippen LogP) is 2.85. The topological polar surface area (TPSA) is 49.9 Å². The Kier molecular flexibility index (Phi) is 4.41. The van der Waals surface area contributed by atoms with Gasteiger partial charge in [-0.15, -0.1) is 0 Å². The van der Waals surface area contributed by atoms with Gasteiger partial charge in [0, 0.05) is 31.0 Å². The zero-order valence-corrected chi connectivity index (χ0v) is 15.7. The third-order valence-corrected chi connectivity index (χ3v) is 6.71. The van der Waals surface area contributed by atoms with Crippen LogP contribution < -0.4 is 4.74 Å². The Labute approximate surface area is 155 Å². The average molecular weight is 356 g/mol. The van der Waals surface area contributed by atoms with Crippen LogP contribution in [0.2, 0.25) is 0 Å². The molecule has 0 N–H and O–H groups in total. The van der Waals surface area contributed by atoms with Gasteiger partial charge in [-0.2, -0.15) is 0 Å². The van der Waals surface area contributed by atoms with Gasteiger partial charge in [0.15, 0.2) is 6.61 Å². The molecule has 2 heterocycles. The Balaban J connectivity index is 1.55. The van der Waals surface area contributed by atoms with Crippen LogP contribution in [-0.2, 0) is 9.59 Å². The maximum Gasteiger partial charge on any atom is 0.260 e. The molecule has 4 atom stereocenters. The molecular formula is C21H28N2O3. The number of amides is 2. The lowest BCUT2D eigenvalue weighted by atomic mass is 9.71. The van der Waals surface area contributed by atoms with Gasteiger partial charge in [0.1, 0.15) is 5.75 Å². The van der Waals surface area contributed by atoms with Crippen LogP contribution in [0.4, 0.5) is 0 Å². The van der Waals surface area contributed by atoms with Gasteiger partial charge in [-0.1, -0.05) is 38.0 Å². The van der Waals surface area contributed by atoms with Crippen LogP contribution in [0.1, 0.15) is 46.0 Å². The summed E-state index contributed by atoms with van der Waals surface area (Å²) in [7, 11) is 0. The first-order chi connectivity index (χ1) is 12.5. The number of hydrogen-bond acceptors (Lipinski definition) is 3. The number of fused-ring (bicyclic) bond motifs is 1. The van der Waals surface area contributed by atoms with E-state index in [4.69, 9.17) is 4.74 Å². The van der Waals surface area contributed by atoms with Gasteiger partial charge in [0.2, 0.25) is 5.91 Å². The van der Waals surface area contributed by atoms with E-state index in [0.717, 1.165) is 37.9 Å². The van der Waals surface area contributed by atoms with Crippen LogP contribution in [0, 0.1) is 5.41 Å². The summed E-state index contributed by atoms with van der Waals surface area (Å²) in [4.78, 5) is 29.5. The first-order valence-corrected chi connectivity index (χ1v) is 9.77. The Hall–Kier alpha value is -2.04. The lowest BCUT2D eigenvalue weighted by Gasteiger charge is -2.46. The standard InChI is InChI=1S/C21H28N2O3/c1-15(24)23-16-12-21(2)18(10-6-7-11-19(21)23)22(13-16)20(25)14-26-17-8-4-3-5-9-17/h3-5,8-9,16,18-19H,6-7,10-14H2,1-2H3/t16-,18+,19-,21+/m0/s1. The molecule has 4 rings (SSSR count). The van der Waals surface area contributed by atoms with Crippen molar-refractivity contribution in [1.82, 2.24) is 9.80 Å². The number of piperidine rings is 1. The van der Waals surface area contributed by atoms with Gasteiger partial charge in [-0.25, -0.2) is 0 Å². The van der Waals surface area contributed by atoms with Crippen LogP contribution in [0.3, 0.4) is 0 Å². The lowest BCUT2D eigenvalue weighted by Crippen LogP contribution is -2.56. The number of benzene rings is 1. The summed E-state index contributed by atoms with van der Waals surface area (Å²) in [6, 6.07) is 10.1.